The molecule has 4 rings (SSSR count). The van der Waals surface area contributed by atoms with Crippen LogP contribution in [0.2, 0.25) is 0 Å². The Kier molecular flexibility index (Phi) is 1.13. The highest BCUT2D eigenvalue weighted by molar-refractivity contribution is 5.23. The van der Waals surface area contributed by atoms with Crippen LogP contribution in [0, 0.1) is 34.5 Å². The predicted octanol–water partition coefficient (Wildman–Crippen LogP) is 2.70. The first kappa shape index (κ1) is 8.15. The lowest BCUT2D eigenvalue weighted by molar-refractivity contribution is -0.236. The summed E-state index contributed by atoms with van der Waals surface area (Å²) >= 11 is 0. The highest BCUT2D eigenvalue weighted by Crippen LogP contribution is 2.78. The molecule has 0 spiro atoms. The van der Waals surface area contributed by atoms with E-state index in [1.54, 1.807) is 0 Å². The molecular formula is C13H20O. The molecule has 0 amide bonds. The summed E-state index contributed by atoms with van der Waals surface area (Å²) in [7, 11) is 0. The van der Waals surface area contributed by atoms with Crippen LogP contribution in [0.5, 0.6) is 0 Å². The predicted molar refractivity (Wildman–Crippen MR) is 54.8 cm³/mol. The molecule has 1 heteroatoms. The highest BCUT2D eigenvalue weighted by atomic mass is 16.5. The number of ether oxygens (including phenoxy) is 1. The van der Waals surface area contributed by atoms with E-state index in [9.17, 15) is 0 Å². The maximum atomic E-state index is 6.09. The van der Waals surface area contributed by atoms with Crippen LogP contribution in [-0.2, 0) is 4.74 Å². The fourth-order valence-corrected chi connectivity index (χ4v) is 6.04. The molecule has 1 saturated heterocycles. The third-order valence-corrected chi connectivity index (χ3v) is 6.32. The monoisotopic (exact) mass is 192 g/mol. The second kappa shape index (κ2) is 1.93. The van der Waals surface area contributed by atoms with Crippen molar-refractivity contribution >= 4 is 0 Å². The number of fused-ring (bicyclic) bond motifs is 2. The normalized spacial score (nSPS) is 73.5. The average molecular weight is 192 g/mol. The fourth-order valence-electron chi connectivity index (χ4n) is 6.04. The van der Waals surface area contributed by atoms with Gasteiger partial charge in [-0.25, -0.2) is 0 Å². The van der Waals surface area contributed by atoms with Gasteiger partial charge in [-0.2, -0.15) is 0 Å². The van der Waals surface area contributed by atoms with Crippen molar-refractivity contribution in [3.8, 4) is 0 Å². The lowest BCUT2D eigenvalue weighted by Crippen LogP contribution is -2.62. The van der Waals surface area contributed by atoms with Crippen LogP contribution in [0.1, 0.15) is 33.6 Å². The molecule has 3 saturated carbocycles. The van der Waals surface area contributed by atoms with Crippen LogP contribution in [0.4, 0.5) is 0 Å². The first-order chi connectivity index (χ1) is 6.56. The lowest BCUT2D eigenvalue weighted by atomic mass is 9.45. The van der Waals surface area contributed by atoms with E-state index in [4.69, 9.17) is 4.74 Å². The molecule has 1 aliphatic heterocycles. The van der Waals surface area contributed by atoms with Gasteiger partial charge in [0.15, 0.2) is 0 Å². The van der Waals surface area contributed by atoms with Crippen molar-refractivity contribution in [3.63, 3.8) is 0 Å². The summed E-state index contributed by atoms with van der Waals surface area (Å²) in [5, 5.41) is 0. The van der Waals surface area contributed by atoms with Crippen molar-refractivity contribution in [2.24, 2.45) is 34.5 Å². The zero-order valence-corrected chi connectivity index (χ0v) is 9.42. The van der Waals surface area contributed by atoms with E-state index >= 15 is 0 Å². The van der Waals surface area contributed by atoms with Crippen LogP contribution in [0.3, 0.4) is 0 Å². The summed E-state index contributed by atoms with van der Waals surface area (Å²) in [6.07, 6.45) is 3.40. The third kappa shape index (κ3) is 0.576. The summed E-state index contributed by atoms with van der Waals surface area (Å²) in [6, 6.07) is 0. The Balaban J connectivity index is 1.88. The van der Waals surface area contributed by atoms with Gasteiger partial charge in [0.1, 0.15) is 0 Å². The van der Waals surface area contributed by atoms with E-state index in [-0.39, 0.29) is 0 Å². The maximum Gasteiger partial charge on any atom is 0.0637 e. The van der Waals surface area contributed by atoms with Crippen molar-refractivity contribution in [1.29, 1.82) is 0 Å². The molecule has 0 aromatic carbocycles. The number of hydrogen-bond acceptors (Lipinski definition) is 1. The fraction of sp³-hybridized carbons (Fsp3) is 1.00. The van der Waals surface area contributed by atoms with Gasteiger partial charge in [0.25, 0.3) is 0 Å². The van der Waals surface area contributed by atoms with Crippen molar-refractivity contribution in [1.82, 2.24) is 0 Å². The molecule has 4 aliphatic rings. The van der Waals surface area contributed by atoms with Gasteiger partial charge < -0.3 is 4.74 Å². The van der Waals surface area contributed by atoms with E-state index in [2.05, 4.69) is 20.8 Å². The van der Waals surface area contributed by atoms with Gasteiger partial charge in [-0.3, -0.25) is 0 Å². The molecule has 0 aromatic heterocycles. The van der Waals surface area contributed by atoms with Crippen LogP contribution in [0.25, 0.3) is 0 Å². The van der Waals surface area contributed by atoms with Crippen LogP contribution < -0.4 is 0 Å². The Hall–Kier alpha value is -0.0400. The first-order valence-electron chi connectivity index (χ1n) is 6.18. The Labute approximate surface area is 86.2 Å². The summed E-state index contributed by atoms with van der Waals surface area (Å²) < 4.78 is 6.09. The number of rotatable bonds is 0. The van der Waals surface area contributed by atoms with E-state index in [1.165, 1.54) is 12.8 Å². The largest absolute Gasteiger partial charge is 0.377 e. The van der Waals surface area contributed by atoms with E-state index in [1.807, 2.05) is 0 Å². The molecule has 2 bridgehead atoms. The summed E-state index contributed by atoms with van der Waals surface area (Å²) in [4.78, 5) is 0. The summed E-state index contributed by atoms with van der Waals surface area (Å²) in [5.41, 5.74) is 1.20. The molecule has 0 radical (unpaired) electrons. The molecule has 0 N–H and O–H groups in total. The van der Waals surface area contributed by atoms with Gasteiger partial charge in [0.05, 0.1) is 12.7 Å². The highest BCUT2D eigenvalue weighted by Gasteiger charge is 2.75. The van der Waals surface area contributed by atoms with Gasteiger partial charge in [-0.15, -0.1) is 0 Å². The zero-order chi connectivity index (χ0) is 9.72. The first-order valence-corrected chi connectivity index (χ1v) is 6.18. The molecule has 1 heterocycles. The molecule has 3 aliphatic carbocycles. The Morgan fingerprint density at radius 2 is 2.00 bits per heavy atom. The van der Waals surface area contributed by atoms with Crippen LogP contribution >= 0.6 is 0 Å². The molecule has 1 nitrogen and oxygen atoms in total. The molecule has 7 atom stereocenters. The average Bonchev–Trinajstić information content (AvgIpc) is 2.44. The molecular weight excluding hydrogens is 172 g/mol. The van der Waals surface area contributed by atoms with Crippen molar-refractivity contribution in [2.75, 3.05) is 6.61 Å². The Morgan fingerprint density at radius 3 is 2.79 bits per heavy atom. The molecule has 0 aromatic rings. The van der Waals surface area contributed by atoms with E-state index in [0.29, 0.717) is 16.9 Å². The van der Waals surface area contributed by atoms with Gasteiger partial charge in [-0.1, -0.05) is 20.8 Å². The van der Waals surface area contributed by atoms with Gasteiger partial charge in [0.2, 0.25) is 0 Å². The van der Waals surface area contributed by atoms with Crippen molar-refractivity contribution < 1.29 is 4.74 Å². The molecule has 7 unspecified atom stereocenters. The summed E-state index contributed by atoms with van der Waals surface area (Å²) in [6.45, 7) is 8.56. The second-order valence-corrected chi connectivity index (χ2v) is 6.94. The van der Waals surface area contributed by atoms with E-state index in [0.717, 1.165) is 30.3 Å². The second-order valence-electron chi connectivity index (χ2n) is 6.94. The minimum absolute atomic E-state index is 0.564. The molecule has 4 fully saturated rings. The van der Waals surface area contributed by atoms with Gasteiger partial charge in [-0.05, 0) is 47.3 Å². The smallest absolute Gasteiger partial charge is 0.0637 e. The van der Waals surface area contributed by atoms with Gasteiger partial charge in [0, 0.05) is 0 Å². The van der Waals surface area contributed by atoms with Crippen LogP contribution in [-0.4, -0.2) is 12.7 Å². The van der Waals surface area contributed by atoms with Crippen molar-refractivity contribution in [3.05, 3.63) is 0 Å². The molecule has 78 valence electrons. The number of hydrogen-bond donors (Lipinski definition) is 0. The standard InChI is InChI=1S/C13H20O/c1-7-8-5-14-9-4-12(2)6-13(9,3)11(8)10(7)12/h7-11H,4-6H2,1-3H3. The zero-order valence-electron chi connectivity index (χ0n) is 9.42. The SMILES string of the molecule is CC1C2COC3CC4(C)CC3(C)C2C14. The lowest BCUT2D eigenvalue weighted by Gasteiger charge is -2.63. The Morgan fingerprint density at radius 1 is 1.21 bits per heavy atom. The Bertz CT molecular complexity index is 312. The van der Waals surface area contributed by atoms with Gasteiger partial charge >= 0.3 is 0 Å². The third-order valence-electron chi connectivity index (χ3n) is 6.32. The molecule has 14 heavy (non-hydrogen) atoms. The quantitative estimate of drug-likeness (QED) is 0.573. The minimum atomic E-state index is 0.564. The minimum Gasteiger partial charge on any atom is -0.377 e. The summed E-state index contributed by atoms with van der Waals surface area (Å²) in [5.74, 6) is 3.91. The van der Waals surface area contributed by atoms with Crippen LogP contribution in [0.15, 0.2) is 0 Å². The maximum absolute atomic E-state index is 6.09. The van der Waals surface area contributed by atoms with Crippen molar-refractivity contribution in [2.45, 2.75) is 39.7 Å². The van der Waals surface area contributed by atoms with E-state index < -0.39 is 0 Å². The topological polar surface area (TPSA) is 9.23 Å².